The monoisotopic (exact) mass is 264 g/mol. The Bertz CT molecular complexity index is 452. The summed E-state index contributed by atoms with van der Waals surface area (Å²) in [5.41, 5.74) is 2.89. The van der Waals surface area contributed by atoms with E-state index in [1.165, 1.54) is 0 Å². The topological polar surface area (TPSA) is 78.4 Å². The lowest BCUT2D eigenvalue weighted by atomic mass is 10.1. The molecule has 1 rings (SSSR count). The second-order valence-corrected chi connectivity index (χ2v) is 4.91. The zero-order valence-electron chi connectivity index (χ0n) is 11.5. The standard InChI is InChI=1S/C14H20N2O3/c1-9-4-10(2)6-12(5-9)16-14(19)15-8-11(3)7-13(17)18/h4-6,11H,7-8H2,1-3H3,(H,17,18)(H2,15,16,19). The summed E-state index contributed by atoms with van der Waals surface area (Å²) in [5, 5.41) is 14.0. The first-order chi connectivity index (χ1) is 8.86. The summed E-state index contributed by atoms with van der Waals surface area (Å²) in [5.74, 6) is -0.952. The summed E-state index contributed by atoms with van der Waals surface area (Å²) in [6, 6.07) is 5.47. The van der Waals surface area contributed by atoms with Crippen LogP contribution in [-0.4, -0.2) is 23.7 Å². The van der Waals surface area contributed by atoms with E-state index in [1.54, 1.807) is 6.92 Å². The lowest BCUT2D eigenvalue weighted by Gasteiger charge is -2.12. The van der Waals surface area contributed by atoms with Crippen molar-refractivity contribution in [3.63, 3.8) is 0 Å². The van der Waals surface area contributed by atoms with E-state index >= 15 is 0 Å². The fourth-order valence-electron chi connectivity index (χ4n) is 1.86. The Morgan fingerprint density at radius 1 is 1.21 bits per heavy atom. The molecule has 0 bridgehead atoms. The highest BCUT2D eigenvalue weighted by molar-refractivity contribution is 5.89. The molecule has 3 N–H and O–H groups in total. The van der Waals surface area contributed by atoms with Crippen molar-refractivity contribution in [1.82, 2.24) is 5.32 Å². The van der Waals surface area contributed by atoms with E-state index in [2.05, 4.69) is 10.6 Å². The number of hydrogen-bond acceptors (Lipinski definition) is 2. The van der Waals surface area contributed by atoms with Crippen molar-refractivity contribution < 1.29 is 14.7 Å². The Morgan fingerprint density at radius 3 is 2.32 bits per heavy atom. The van der Waals surface area contributed by atoms with Crippen LogP contribution < -0.4 is 10.6 Å². The van der Waals surface area contributed by atoms with Crippen molar-refractivity contribution in [1.29, 1.82) is 0 Å². The molecule has 0 aliphatic carbocycles. The zero-order valence-corrected chi connectivity index (χ0v) is 11.5. The van der Waals surface area contributed by atoms with E-state index in [9.17, 15) is 9.59 Å². The highest BCUT2D eigenvalue weighted by Crippen LogP contribution is 2.13. The molecule has 1 unspecified atom stereocenters. The Hall–Kier alpha value is -2.04. The van der Waals surface area contributed by atoms with Crippen molar-refractivity contribution in [3.8, 4) is 0 Å². The van der Waals surface area contributed by atoms with E-state index in [0.717, 1.165) is 16.8 Å². The molecular formula is C14H20N2O3. The Kier molecular flexibility index (Phi) is 5.36. The first-order valence-corrected chi connectivity index (χ1v) is 6.21. The van der Waals surface area contributed by atoms with Crippen LogP contribution in [0.15, 0.2) is 18.2 Å². The average molecular weight is 264 g/mol. The van der Waals surface area contributed by atoms with Crippen LogP contribution in [0.3, 0.4) is 0 Å². The zero-order chi connectivity index (χ0) is 14.4. The van der Waals surface area contributed by atoms with Gasteiger partial charge in [-0.1, -0.05) is 13.0 Å². The predicted octanol–water partition coefficient (Wildman–Crippen LogP) is 2.54. The van der Waals surface area contributed by atoms with Gasteiger partial charge in [-0.3, -0.25) is 4.79 Å². The van der Waals surface area contributed by atoms with Crippen molar-refractivity contribution >= 4 is 17.7 Å². The molecule has 0 radical (unpaired) electrons. The van der Waals surface area contributed by atoms with Crippen LogP contribution in [0.5, 0.6) is 0 Å². The van der Waals surface area contributed by atoms with Crippen LogP contribution in [0.25, 0.3) is 0 Å². The minimum atomic E-state index is -0.857. The van der Waals surface area contributed by atoms with Crippen molar-refractivity contribution in [3.05, 3.63) is 29.3 Å². The molecule has 1 aromatic rings. The number of urea groups is 1. The first kappa shape index (κ1) is 15.0. The van der Waals surface area contributed by atoms with Gasteiger partial charge < -0.3 is 15.7 Å². The van der Waals surface area contributed by atoms with E-state index in [-0.39, 0.29) is 18.4 Å². The predicted molar refractivity (Wildman–Crippen MR) is 74.4 cm³/mol. The minimum Gasteiger partial charge on any atom is -0.481 e. The maximum Gasteiger partial charge on any atom is 0.319 e. The van der Waals surface area contributed by atoms with Crippen molar-refractivity contribution in [2.45, 2.75) is 27.2 Å². The Morgan fingerprint density at radius 2 is 1.79 bits per heavy atom. The third-order valence-corrected chi connectivity index (χ3v) is 2.61. The van der Waals surface area contributed by atoms with Gasteiger partial charge in [0.15, 0.2) is 0 Å². The number of carboxylic acids is 1. The molecule has 1 atom stereocenters. The van der Waals surface area contributed by atoms with E-state index < -0.39 is 5.97 Å². The molecule has 0 heterocycles. The SMILES string of the molecule is Cc1cc(C)cc(NC(=O)NCC(C)CC(=O)O)c1. The molecule has 19 heavy (non-hydrogen) atoms. The molecule has 0 aliphatic heterocycles. The van der Waals surface area contributed by atoms with Gasteiger partial charge in [0.05, 0.1) is 0 Å². The number of carboxylic acid groups (broad SMARTS) is 1. The van der Waals surface area contributed by atoms with Crippen LogP contribution in [0.2, 0.25) is 0 Å². The van der Waals surface area contributed by atoms with Gasteiger partial charge in [0.25, 0.3) is 0 Å². The molecule has 5 nitrogen and oxygen atoms in total. The number of hydrogen-bond donors (Lipinski definition) is 3. The quantitative estimate of drug-likeness (QED) is 0.764. The first-order valence-electron chi connectivity index (χ1n) is 6.21. The van der Waals surface area contributed by atoms with Crippen molar-refractivity contribution in [2.75, 3.05) is 11.9 Å². The fraction of sp³-hybridized carbons (Fsp3) is 0.429. The number of benzene rings is 1. The third kappa shape index (κ3) is 5.90. The number of carbonyl (C=O) groups excluding carboxylic acids is 1. The number of aryl methyl sites for hydroxylation is 2. The van der Waals surface area contributed by atoms with E-state index in [0.29, 0.717) is 6.54 Å². The number of rotatable bonds is 5. The van der Waals surface area contributed by atoms with Gasteiger partial charge in [0.2, 0.25) is 0 Å². The van der Waals surface area contributed by atoms with E-state index in [1.807, 2.05) is 32.0 Å². The highest BCUT2D eigenvalue weighted by atomic mass is 16.4. The number of carbonyl (C=O) groups is 2. The fourth-order valence-corrected chi connectivity index (χ4v) is 1.86. The third-order valence-electron chi connectivity index (χ3n) is 2.61. The van der Waals surface area contributed by atoms with Gasteiger partial charge in [-0.25, -0.2) is 4.79 Å². The molecule has 0 aliphatic rings. The largest absolute Gasteiger partial charge is 0.481 e. The lowest BCUT2D eigenvalue weighted by molar-refractivity contribution is -0.137. The summed E-state index contributed by atoms with van der Waals surface area (Å²) in [7, 11) is 0. The second kappa shape index (κ2) is 6.78. The molecule has 0 spiro atoms. The Labute approximate surface area is 113 Å². The normalized spacial score (nSPS) is 11.7. The van der Waals surface area contributed by atoms with Gasteiger partial charge in [-0.15, -0.1) is 0 Å². The van der Waals surface area contributed by atoms with E-state index in [4.69, 9.17) is 5.11 Å². The maximum absolute atomic E-state index is 11.7. The minimum absolute atomic E-state index is 0.0455. The molecule has 0 aromatic heterocycles. The van der Waals surface area contributed by atoms with Crippen LogP contribution >= 0.6 is 0 Å². The summed E-state index contributed by atoms with van der Waals surface area (Å²) in [6.07, 6.45) is 0.0455. The second-order valence-electron chi connectivity index (χ2n) is 4.91. The number of anilines is 1. The van der Waals surface area contributed by atoms with Crippen LogP contribution in [-0.2, 0) is 4.79 Å². The molecular weight excluding hydrogens is 244 g/mol. The number of amides is 2. The van der Waals surface area contributed by atoms with Gasteiger partial charge in [-0.05, 0) is 43.0 Å². The number of aliphatic carboxylic acids is 1. The van der Waals surface area contributed by atoms with Crippen LogP contribution in [0.1, 0.15) is 24.5 Å². The molecule has 2 amide bonds. The van der Waals surface area contributed by atoms with Gasteiger partial charge in [0, 0.05) is 18.7 Å². The summed E-state index contributed by atoms with van der Waals surface area (Å²) < 4.78 is 0. The molecule has 104 valence electrons. The van der Waals surface area contributed by atoms with Crippen molar-refractivity contribution in [2.24, 2.45) is 5.92 Å². The van der Waals surface area contributed by atoms with Gasteiger partial charge >= 0.3 is 12.0 Å². The molecule has 5 heteroatoms. The molecule has 0 saturated carbocycles. The molecule has 0 saturated heterocycles. The molecule has 0 fully saturated rings. The number of nitrogens with one attached hydrogen (secondary N) is 2. The van der Waals surface area contributed by atoms with Gasteiger partial charge in [-0.2, -0.15) is 0 Å². The highest BCUT2D eigenvalue weighted by Gasteiger charge is 2.09. The van der Waals surface area contributed by atoms with Crippen LogP contribution in [0.4, 0.5) is 10.5 Å². The van der Waals surface area contributed by atoms with Crippen LogP contribution in [0, 0.1) is 19.8 Å². The smallest absolute Gasteiger partial charge is 0.319 e. The lowest BCUT2D eigenvalue weighted by Crippen LogP contribution is -2.33. The van der Waals surface area contributed by atoms with Gasteiger partial charge in [0.1, 0.15) is 0 Å². The molecule has 1 aromatic carbocycles. The summed E-state index contributed by atoms with van der Waals surface area (Å²) in [6.45, 7) is 6.05. The summed E-state index contributed by atoms with van der Waals surface area (Å²) in [4.78, 5) is 22.1. The Balaban J connectivity index is 2.45. The summed E-state index contributed by atoms with van der Waals surface area (Å²) >= 11 is 0. The maximum atomic E-state index is 11.7. The average Bonchev–Trinajstić information content (AvgIpc) is 2.23.